The van der Waals surface area contributed by atoms with Crippen molar-refractivity contribution in [3.63, 3.8) is 0 Å². The molecule has 10 rings (SSSR count). The quantitative estimate of drug-likeness (QED) is 0.228. The molecule has 0 bridgehead atoms. The van der Waals surface area contributed by atoms with Crippen molar-refractivity contribution in [2.75, 3.05) is 5.32 Å². The third-order valence-electron chi connectivity index (χ3n) is 9.31. The summed E-state index contributed by atoms with van der Waals surface area (Å²) in [6, 6.07) is 50.0. The van der Waals surface area contributed by atoms with Crippen LogP contribution in [-0.2, 0) is 0 Å². The third kappa shape index (κ3) is 3.20. The number of hydrogen-bond acceptors (Lipinski definition) is 2. The Morgan fingerprint density at radius 3 is 2.27 bits per heavy atom. The van der Waals surface area contributed by atoms with E-state index in [1.165, 1.54) is 54.6 Å². The van der Waals surface area contributed by atoms with E-state index in [0.29, 0.717) is 0 Å². The molecule has 1 unspecified atom stereocenters. The normalized spacial score (nSPS) is 14.9. The fraction of sp³-hybridized carbons (Fsp3) is 0.0250. The van der Waals surface area contributed by atoms with Crippen LogP contribution in [0.25, 0.3) is 54.7 Å². The summed E-state index contributed by atoms with van der Waals surface area (Å²) in [4.78, 5) is 5.19. The molecule has 0 amide bonds. The van der Waals surface area contributed by atoms with Crippen molar-refractivity contribution in [3.8, 4) is 5.69 Å². The monoisotopic (exact) mass is 562 g/mol. The van der Waals surface area contributed by atoms with Crippen LogP contribution < -0.4 is 5.32 Å². The average molecular weight is 563 g/mol. The van der Waals surface area contributed by atoms with Crippen LogP contribution in [0.2, 0.25) is 0 Å². The Balaban J connectivity index is 1.24. The van der Waals surface area contributed by atoms with Gasteiger partial charge in [0.05, 0.1) is 45.2 Å². The molecule has 44 heavy (non-hydrogen) atoms. The Hall–Kier alpha value is -5.87. The summed E-state index contributed by atoms with van der Waals surface area (Å²) < 4.78 is 4.81. The molecule has 6 aromatic carbocycles. The highest BCUT2D eigenvalue weighted by Gasteiger charge is 2.26. The molecule has 3 aromatic heterocycles. The van der Waals surface area contributed by atoms with Crippen LogP contribution in [0.15, 0.2) is 151 Å². The zero-order valence-electron chi connectivity index (χ0n) is 23.8. The first-order valence-corrected chi connectivity index (χ1v) is 15.1. The van der Waals surface area contributed by atoms with E-state index in [-0.39, 0.29) is 6.04 Å². The lowest BCUT2D eigenvalue weighted by Crippen LogP contribution is -2.25. The van der Waals surface area contributed by atoms with Crippen LogP contribution in [0.5, 0.6) is 0 Å². The molecule has 9 aromatic rings. The minimum absolute atomic E-state index is 0.0922. The van der Waals surface area contributed by atoms with Crippen molar-refractivity contribution >= 4 is 66.1 Å². The Labute approximate surface area is 253 Å². The van der Waals surface area contributed by atoms with E-state index >= 15 is 0 Å². The molecule has 0 spiro atoms. The molecular weight excluding hydrogens is 536 g/mol. The average Bonchev–Trinajstić information content (AvgIpc) is 3.64. The van der Waals surface area contributed by atoms with Crippen LogP contribution >= 0.6 is 0 Å². The Kier molecular flexibility index (Phi) is 4.74. The van der Waals surface area contributed by atoms with Gasteiger partial charge < -0.3 is 14.3 Å². The number of rotatable bonds is 3. The Morgan fingerprint density at radius 2 is 1.34 bits per heavy atom. The first-order chi connectivity index (χ1) is 21.8. The molecule has 1 aliphatic heterocycles. The summed E-state index contributed by atoms with van der Waals surface area (Å²) in [6.45, 7) is 0. The predicted octanol–water partition coefficient (Wildman–Crippen LogP) is 10.1. The van der Waals surface area contributed by atoms with Crippen LogP contribution in [-0.4, -0.2) is 14.7 Å². The van der Waals surface area contributed by atoms with Crippen molar-refractivity contribution in [1.82, 2.24) is 8.97 Å². The number of aromatic nitrogens is 2. The smallest absolute Gasteiger partial charge is 0.0947 e. The zero-order valence-corrected chi connectivity index (χ0v) is 23.8. The number of anilines is 1. The van der Waals surface area contributed by atoms with Gasteiger partial charge in [-0.1, -0.05) is 91.0 Å². The number of benzene rings is 6. The number of fused-ring (bicyclic) bond motifs is 3. The topological polar surface area (TPSA) is 33.7 Å². The van der Waals surface area contributed by atoms with Gasteiger partial charge in [-0.2, -0.15) is 0 Å². The molecule has 0 radical (unpaired) electrons. The molecule has 4 heterocycles. The largest absolute Gasteiger partial charge is 0.371 e. The maximum absolute atomic E-state index is 5.19. The molecule has 0 saturated carbocycles. The van der Waals surface area contributed by atoms with Gasteiger partial charge in [0.25, 0.3) is 0 Å². The van der Waals surface area contributed by atoms with Gasteiger partial charge in [-0.3, -0.25) is 0 Å². The summed E-state index contributed by atoms with van der Waals surface area (Å²) in [5.41, 5.74) is 11.4. The van der Waals surface area contributed by atoms with E-state index in [1.54, 1.807) is 0 Å². The highest BCUT2D eigenvalue weighted by molar-refractivity contribution is 6.28. The van der Waals surface area contributed by atoms with Crippen LogP contribution in [0.1, 0.15) is 17.2 Å². The number of nitrogens with zero attached hydrogens (tertiary/aromatic N) is 3. The van der Waals surface area contributed by atoms with Crippen LogP contribution in [0, 0.1) is 0 Å². The molecule has 1 aliphatic rings. The molecule has 1 N–H and O–H groups in total. The lowest BCUT2D eigenvalue weighted by molar-refractivity contribution is 1.01. The fourth-order valence-electron chi connectivity index (χ4n) is 7.44. The summed E-state index contributed by atoms with van der Waals surface area (Å²) in [7, 11) is 0. The summed E-state index contributed by atoms with van der Waals surface area (Å²) in [5.74, 6) is 0. The van der Waals surface area contributed by atoms with Gasteiger partial charge in [0.15, 0.2) is 0 Å². The molecule has 0 aliphatic carbocycles. The van der Waals surface area contributed by atoms with Crippen molar-refractivity contribution < 1.29 is 0 Å². The van der Waals surface area contributed by atoms with E-state index < -0.39 is 0 Å². The van der Waals surface area contributed by atoms with Gasteiger partial charge in [0, 0.05) is 33.4 Å². The van der Waals surface area contributed by atoms with Gasteiger partial charge in [-0.15, -0.1) is 0 Å². The summed E-state index contributed by atoms with van der Waals surface area (Å²) >= 11 is 0. The summed E-state index contributed by atoms with van der Waals surface area (Å²) in [5, 5.41) is 10.2. The molecular formula is C40H26N4. The second-order valence-corrected chi connectivity index (χ2v) is 11.7. The molecule has 4 heteroatoms. The zero-order chi connectivity index (χ0) is 28.8. The van der Waals surface area contributed by atoms with E-state index in [0.717, 1.165) is 28.3 Å². The predicted molar refractivity (Wildman–Crippen MR) is 183 cm³/mol. The number of para-hydroxylation sites is 3. The minimum atomic E-state index is -0.0922. The second kappa shape index (κ2) is 8.82. The van der Waals surface area contributed by atoms with Crippen LogP contribution in [0.4, 0.5) is 11.4 Å². The van der Waals surface area contributed by atoms with Gasteiger partial charge in [0.1, 0.15) is 0 Å². The van der Waals surface area contributed by atoms with Crippen molar-refractivity contribution in [2.24, 2.45) is 4.99 Å². The van der Waals surface area contributed by atoms with Gasteiger partial charge in [-0.25, -0.2) is 4.99 Å². The molecule has 0 fully saturated rings. The van der Waals surface area contributed by atoms with Crippen molar-refractivity contribution in [1.29, 1.82) is 0 Å². The highest BCUT2D eigenvalue weighted by atomic mass is 15.0. The number of nitrogens with one attached hydrogen (secondary N) is 1. The third-order valence-corrected chi connectivity index (χ3v) is 9.31. The van der Waals surface area contributed by atoms with Gasteiger partial charge >= 0.3 is 0 Å². The number of aliphatic imine (C=N–C) groups is 1. The lowest BCUT2D eigenvalue weighted by Gasteiger charge is -2.28. The Bertz CT molecular complexity index is 2560. The molecule has 0 saturated heterocycles. The maximum Gasteiger partial charge on any atom is 0.0947 e. The molecule has 4 nitrogen and oxygen atoms in total. The Morgan fingerprint density at radius 1 is 0.591 bits per heavy atom. The number of hydrogen-bond donors (Lipinski definition) is 1. The van der Waals surface area contributed by atoms with Crippen molar-refractivity contribution in [2.45, 2.75) is 6.04 Å². The van der Waals surface area contributed by atoms with Gasteiger partial charge in [0.2, 0.25) is 0 Å². The second-order valence-electron chi connectivity index (χ2n) is 11.7. The van der Waals surface area contributed by atoms with Gasteiger partial charge in [-0.05, 0) is 65.0 Å². The van der Waals surface area contributed by atoms with E-state index in [1.807, 2.05) is 6.07 Å². The molecule has 1 atom stereocenters. The SMILES string of the molecule is c1ccc(C2=Nc3ccccc3NC2c2cccc(-n3c4cccc5c6cccc7ccn(c8cccc3c8c54)c76)c2)cc1. The van der Waals surface area contributed by atoms with E-state index in [2.05, 4.69) is 154 Å². The van der Waals surface area contributed by atoms with Crippen molar-refractivity contribution in [3.05, 3.63) is 157 Å². The summed E-state index contributed by atoms with van der Waals surface area (Å²) in [6.07, 6.45) is 2.22. The lowest BCUT2D eigenvalue weighted by atomic mass is 9.94. The fourth-order valence-corrected chi connectivity index (χ4v) is 7.44. The van der Waals surface area contributed by atoms with E-state index in [9.17, 15) is 0 Å². The maximum atomic E-state index is 5.19. The highest BCUT2D eigenvalue weighted by Crippen LogP contribution is 2.42. The molecule has 206 valence electrons. The minimum Gasteiger partial charge on any atom is -0.371 e. The standard InChI is InChI=1S/C40H26N4/c1-2-10-25(11-3-1)38-39(42-32-18-5-4-17-31(32)41-38)27-13-6-14-28(24-27)44-34-20-8-15-29-30-16-7-12-26-22-23-43(40(26)30)33-19-9-21-35(44)37(33)36(29)34/h1-24,39,42H. The van der Waals surface area contributed by atoms with E-state index in [4.69, 9.17) is 4.99 Å². The first-order valence-electron chi connectivity index (χ1n) is 15.1. The first kappa shape index (κ1) is 23.7. The van der Waals surface area contributed by atoms with Crippen LogP contribution in [0.3, 0.4) is 0 Å².